The van der Waals surface area contributed by atoms with Crippen LogP contribution in [-0.2, 0) is 27.1 Å². The Morgan fingerprint density at radius 3 is 2.14 bits per heavy atom. The van der Waals surface area contributed by atoms with Crippen LogP contribution in [0.25, 0.3) is 0 Å². The molecule has 152 valence electrons. The molecule has 2 aromatic carbocycles. The van der Waals surface area contributed by atoms with Gasteiger partial charge in [-0.2, -0.15) is 8.42 Å². The van der Waals surface area contributed by atoms with E-state index in [-0.39, 0.29) is 12.4 Å². The van der Waals surface area contributed by atoms with Crippen LogP contribution >= 0.6 is 0 Å². The first-order valence-electron chi connectivity index (χ1n) is 10.6. The molecule has 2 aromatic rings. The summed E-state index contributed by atoms with van der Waals surface area (Å²) in [5, 5.41) is 0. The van der Waals surface area contributed by atoms with Crippen LogP contribution in [0, 0.1) is 0 Å². The molecule has 0 saturated heterocycles. The van der Waals surface area contributed by atoms with Gasteiger partial charge in [-0.05, 0) is 61.1 Å². The maximum absolute atomic E-state index is 12.0. The second-order valence-electron chi connectivity index (χ2n) is 7.85. The molecule has 0 spiro atoms. The van der Waals surface area contributed by atoms with Gasteiger partial charge in [-0.25, -0.2) is 0 Å². The highest BCUT2D eigenvalue weighted by atomic mass is 32.2. The monoisotopic (exact) mass is 400 g/mol. The van der Waals surface area contributed by atoms with Gasteiger partial charge in [0.05, 0.1) is 12.4 Å². The maximum atomic E-state index is 12.0. The molecular weight excluding hydrogens is 368 g/mol. The van der Waals surface area contributed by atoms with Gasteiger partial charge in [-0.1, -0.05) is 73.9 Å². The van der Waals surface area contributed by atoms with Crippen molar-refractivity contribution < 1.29 is 12.6 Å². The molecule has 0 atom stereocenters. The number of hydrogen-bond donors (Lipinski definition) is 0. The van der Waals surface area contributed by atoms with Crippen molar-refractivity contribution in [3.63, 3.8) is 0 Å². The van der Waals surface area contributed by atoms with Gasteiger partial charge in [0.15, 0.2) is 0 Å². The third kappa shape index (κ3) is 7.06. The number of benzene rings is 2. The molecule has 1 saturated carbocycles. The standard InChI is InChI=1S/C24H32O3S/c25-28(26,20-8-12-21-9-3-1-4-10-21)27-19-7-11-22-15-17-24(18-16-22)23-13-5-2-6-14-23/h1,3-4,9-10,15-18,23H,2,5-8,11-14,19-20H2. The minimum absolute atomic E-state index is 0.0813. The van der Waals surface area contributed by atoms with Crippen molar-refractivity contribution >= 4 is 10.1 Å². The summed E-state index contributed by atoms with van der Waals surface area (Å²) in [4.78, 5) is 0. The van der Waals surface area contributed by atoms with Crippen LogP contribution in [0.2, 0.25) is 0 Å². The average molecular weight is 401 g/mol. The van der Waals surface area contributed by atoms with E-state index in [1.807, 2.05) is 30.3 Å². The Hall–Kier alpha value is -1.65. The van der Waals surface area contributed by atoms with Crippen LogP contribution < -0.4 is 0 Å². The van der Waals surface area contributed by atoms with Gasteiger partial charge >= 0.3 is 0 Å². The van der Waals surface area contributed by atoms with E-state index in [2.05, 4.69) is 24.3 Å². The highest BCUT2D eigenvalue weighted by molar-refractivity contribution is 7.86. The molecule has 0 unspecified atom stereocenters. The second kappa shape index (κ2) is 10.8. The highest BCUT2D eigenvalue weighted by Gasteiger charge is 2.15. The summed E-state index contributed by atoms with van der Waals surface area (Å²) in [6.07, 6.45) is 9.64. The van der Waals surface area contributed by atoms with Crippen molar-refractivity contribution in [2.45, 2.75) is 63.7 Å². The lowest BCUT2D eigenvalue weighted by Gasteiger charge is -2.22. The van der Waals surface area contributed by atoms with E-state index in [1.54, 1.807) is 0 Å². The molecule has 0 N–H and O–H groups in total. The Labute approximate surface area is 170 Å². The lowest BCUT2D eigenvalue weighted by Crippen LogP contribution is -2.12. The van der Waals surface area contributed by atoms with Crippen molar-refractivity contribution in [1.29, 1.82) is 0 Å². The molecule has 1 aliphatic rings. The average Bonchev–Trinajstić information content (AvgIpc) is 2.73. The van der Waals surface area contributed by atoms with Crippen molar-refractivity contribution in [2.24, 2.45) is 0 Å². The predicted molar refractivity (Wildman–Crippen MR) is 115 cm³/mol. The number of rotatable bonds is 10. The Balaban J connectivity index is 1.34. The van der Waals surface area contributed by atoms with Crippen molar-refractivity contribution in [3.8, 4) is 0 Å². The molecule has 28 heavy (non-hydrogen) atoms. The summed E-state index contributed by atoms with van der Waals surface area (Å²) in [5.41, 5.74) is 3.87. The first-order chi connectivity index (χ1) is 13.6. The van der Waals surface area contributed by atoms with Gasteiger partial charge in [0.1, 0.15) is 0 Å². The Kier molecular flexibility index (Phi) is 8.11. The van der Waals surface area contributed by atoms with Crippen LogP contribution in [0.4, 0.5) is 0 Å². The first kappa shape index (κ1) is 21.1. The quantitative estimate of drug-likeness (QED) is 0.382. The van der Waals surface area contributed by atoms with E-state index in [1.165, 1.54) is 43.2 Å². The molecule has 0 aromatic heterocycles. The fourth-order valence-electron chi connectivity index (χ4n) is 4.01. The van der Waals surface area contributed by atoms with Crippen LogP contribution in [-0.4, -0.2) is 20.8 Å². The summed E-state index contributed by atoms with van der Waals surface area (Å²) in [7, 11) is -3.43. The van der Waals surface area contributed by atoms with E-state index in [0.29, 0.717) is 6.42 Å². The lowest BCUT2D eigenvalue weighted by molar-refractivity contribution is 0.312. The van der Waals surface area contributed by atoms with Gasteiger partial charge in [0, 0.05) is 0 Å². The fraction of sp³-hybridized carbons (Fsp3) is 0.500. The molecule has 0 aliphatic heterocycles. The van der Waals surface area contributed by atoms with Crippen LogP contribution in [0.15, 0.2) is 54.6 Å². The van der Waals surface area contributed by atoms with Gasteiger partial charge in [0.2, 0.25) is 0 Å². The molecule has 0 radical (unpaired) electrons. The largest absolute Gasteiger partial charge is 0.270 e. The molecule has 0 heterocycles. The Morgan fingerprint density at radius 1 is 0.786 bits per heavy atom. The maximum Gasteiger partial charge on any atom is 0.267 e. The van der Waals surface area contributed by atoms with E-state index < -0.39 is 10.1 Å². The van der Waals surface area contributed by atoms with Gasteiger partial charge in [0.25, 0.3) is 10.1 Å². The van der Waals surface area contributed by atoms with Crippen LogP contribution in [0.3, 0.4) is 0 Å². The van der Waals surface area contributed by atoms with E-state index >= 15 is 0 Å². The van der Waals surface area contributed by atoms with Crippen molar-refractivity contribution in [1.82, 2.24) is 0 Å². The van der Waals surface area contributed by atoms with Gasteiger partial charge < -0.3 is 0 Å². The third-order valence-electron chi connectivity index (χ3n) is 5.63. The summed E-state index contributed by atoms with van der Waals surface area (Å²) in [5.74, 6) is 0.810. The third-order valence-corrected chi connectivity index (χ3v) is 6.95. The molecule has 0 amide bonds. The minimum Gasteiger partial charge on any atom is -0.270 e. The smallest absolute Gasteiger partial charge is 0.267 e. The van der Waals surface area contributed by atoms with Gasteiger partial charge in [-0.15, -0.1) is 0 Å². The zero-order valence-electron chi connectivity index (χ0n) is 16.7. The number of hydrogen-bond acceptors (Lipinski definition) is 3. The van der Waals surface area contributed by atoms with E-state index in [9.17, 15) is 8.42 Å². The second-order valence-corrected chi connectivity index (χ2v) is 9.61. The van der Waals surface area contributed by atoms with Crippen LogP contribution in [0.5, 0.6) is 0 Å². The fourth-order valence-corrected chi connectivity index (χ4v) is 5.00. The molecule has 1 aliphatic carbocycles. The van der Waals surface area contributed by atoms with E-state index in [0.717, 1.165) is 30.7 Å². The topological polar surface area (TPSA) is 43.4 Å². The number of aryl methyl sites for hydroxylation is 2. The van der Waals surface area contributed by atoms with Gasteiger partial charge in [-0.3, -0.25) is 4.18 Å². The summed E-state index contributed by atoms with van der Waals surface area (Å²) >= 11 is 0. The molecule has 3 rings (SSSR count). The van der Waals surface area contributed by atoms with Crippen molar-refractivity contribution in [2.75, 3.05) is 12.4 Å². The molecule has 3 nitrogen and oxygen atoms in total. The molecule has 4 heteroatoms. The zero-order valence-corrected chi connectivity index (χ0v) is 17.5. The van der Waals surface area contributed by atoms with Crippen LogP contribution in [0.1, 0.15) is 67.6 Å². The highest BCUT2D eigenvalue weighted by Crippen LogP contribution is 2.32. The Morgan fingerprint density at radius 2 is 1.43 bits per heavy atom. The minimum atomic E-state index is -3.43. The van der Waals surface area contributed by atoms with E-state index in [4.69, 9.17) is 4.18 Å². The molecule has 1 fully saturated rings. The predicted octanol–water partition coefficient (Wildman–Crippen LogP) is 5.65. The molecular formula is C24H32O3S. The Bertz CT molecular complexity index is 792. The molecule has 0 bridgehead atoms. The zero-order chi connectivity index (χ0) is 19.7. The summed E-state index contributed by atoms with van der Waals surface area (Å²) < 4.78 is 29.2. The summed E-state index contributed by atoms with van der Waals surface area (Å²) in [6.45, 7) is 0.262. The summed E-state index contributed by atoms with van der Waals surface area (Å²) in [6, 6.07) is 18.9. The lowest BCUT2D eigenvalue weighted by atomic mass is 9.84. The van der Waals surface area contributed by atoms with Crippen molar-refractivity contribution in [3.05, 3.63) is 71.3 Å². The normalized spacial score (nSPS) is 15.6. The first-order valence-corrected chi connectivity index (χ1v) is 12.2. The SMILES string of the molecule is O=S(=O)(CCCc1ccccc1)OCCCc1ccc(C2CCCCC2)cc1.